The predicted molar refractivity (Wildman–Crippen MR) is 141 cm³/mol. The molecule has 2 heterocycles. The number of ether oxygens (including phenoxy) is 1. The third-order valence-electron chi connectivity index (χ3n) is 5.48. The van der Waals surface area contributed by atoms with Gasteiger partial charge in [-0.05, 0) is 41.8 Å². The van der Waals surface area contributed by atoms with Gasteiger partial charge >= 0.3 is 0 Å². The molecule has 202 valence electrons. The molecule has 1 aromatic carbocycles. The van der Waals surface area contributed by atoms with E-state index in [1.54, 1.807) is 41.3 Å². The Morgan fingerprint density at radius 2 is 1.89 bits per heavy atom. The first-order valence-corrected chi connectivity index (χ1v) is 13.0. The number of halogens is 3. The van der Waals surface area contributed by atoms with Crippen molar-refractivity contribution in [2.24, 2.45) is 5.41 Å². The Labute approximate surface area is 223 Å². The van der Waals surface area contributed by atoms with Crippen LogP contribution >= 0.6 is 22.9 Å². The Hall–Kier alpha value is -2.60. The van der Waals surface area contributed by atoms with Crippen LogP contribution in [0.4, 0.5) is 20.2 Å². The molecule has 0 spiro atoms. The molecule has 12 heteroatoms. The molecule has 2 aromatic rings. The Morgan fingerprint density at radius 3 is 2.46 bits per heavy atom. The van der Waals surface area contributed by atoms with E-state index in [0.717, 1.165) is 11.3 Å². The standard InChI is InChI=1S/C25H31ClF2N4O4S/c1-25(2,3)15-31(13-21(27)28)18(12-29-24(35)19-8-9-20(26)37-19)23(34)30-16-4-6-17(7-5-16)32-10-11-36-14-22(32)33/h4-9,18,21H,10-15H2,1-3H3,(H,29,35)(H,30,34)/t18-/m1/s1. The van der Waals surface area contributed by atoms with Gasteiger partial charge in [-0.3, -0.25) is 19.3 Å². The number of carbonyl (C=O) groups is 3. The van der Waals surface area contributed by atoms with Gasteiger partial charge in [-0.2, -0.15) is 0 Å². The Balaban J connectivity index is 1.77. The number of nitrogens with zero attached hydrogens (tertiary/aromatic N) is 2. The normalized spacial score (nSPS) is 15.2. The van der Waals surface area contributed by atoms with Crippen molar-refractivity contribution >= 4 is 52.0 Å². The van der Waals surface area contributed by atoms with Crippen molar-refractivity contribution in [3.63, 3.8) is 0 Å². The Bertz CT molecular complexity index is 1090. The van der Waals surface area contributed by atoms with Gasteiger partial charge in [-0.15, -0.1) is 11.3 Å². The highest BCUT2D eigenvalue weighted by atomic mass is 35.5. The molecule has 1 saturated heterocycles. The summed E-state index contributed by atoms with van der Waals surface area (Å²) in [5.74, 6) is -1.14. The molecule has 0 radical (unpaired) electrons. The number of thiophene rings is 1. The first-order chi connectivity index (χ1) is 17.4. The van der Waals surface area contributed by atoms with Crippen LogP contribution in [0.1, 0.15) is 30.4 Å². The zero-order valence-corrected chi connectivity index (χ0v) is 22.5. The van der Waals surface area contributed by atoms with Gasteiger partial charge in [0.2, 0.25) is 5.91 Å². The molecule has 2 N–H and O–H groups in total. The molecule has 0 saturated carbocycles. The van der Waals surface area contributed by atoms with Crippen LogP contribution in [0.15, 0.2) is 36.4 Å². The largest absolute Gasteiger partial charge is 0.370 e. The number of rotatable bonds is 10. The summed E-state index contributed by atoms with van der Waals surface area (Å²) in [6.07, 6.45) is -2.67. The molecule has 0 unspecified atom stereocenters. The van der Waals surface area contributed by atoms with Crippen LogP contribution in [-0.2, 0) is 14.3 Å². The highest BCUT2D eigenvalue weighted by Gasteiger charge is 2.32. The average Bonchev–Trinajstić information content (AvgIpc) is 3.25. The van der Waals surface area contributed by atoms with Crippen molar-refractivity contribution in [2.75, 3.05) is 49.6 Å². The van der Waals surface area contributed by atoms with Gasteiger partial charge in [0.1, 0.15) is 12.6 Å². The molecule has 1 aliphatic heterocycles. The third-order valence-corrected chi connectivity index (χ3v) is 6.71. The predicted octanol–water partition coefficient (Wildman–Crippen LogP) is 4.12. The number of hydrogen-bond donors (Lipinski definition) is 2. The lowest BCUT2D eigenvalue weighted by Gasteiger charge is -2.35. The molecule has 0 aliphatic carbocycles. The fourth-order valence-corrected chi connectivity index (χ4v) is 4.89. The lowest BCUT2D eigenvalue weighted by Crippen LogP contribution is -2.54. The summed E-state index contributed by atoms with van der Waals surface area (Å²) in [7, 11) is 0. The monoisotopic (exact) mass is 556 g/mol. The number of carbonyl (C=O) groups excluding carboxylic acids is 3. The molecule has 8 nitrogen and oxygen atoms in total. The number of anilines is 2. The van der Waals surface area contributed by atoms with E-state index in [4.69, 9.17) is 16.3 Å². The van der Waals surface area contributed by atoms with Gasteiger partial charge in [-0.25, -0.2) is 8.78 Å². The molecule has 3 rings (SSSR count). The number of amides is 3. The molecular formula is C25H31ClF2N4O4S. The summed E-state index contributed by atoms with van der Waals surface area (Å²) in [5, 5.41) is 5.45. The second-order valence-electron chi connectivity index (χ2n) is 9.84. The van der Waals surface area contributed by atoms with E-state index < -0.39 is 30.8 Å². The minimum Gasteiger partial charge on any atom is -0.370 e. The lowest BCUT2D eigenvalue weighted by atomic mass is 9.95. The second kappa shape index (κ2) is 12.8. The molecule has 0 bridgehead atoms. The first kappa shape index (κ1) is 29.0. The Kier molecular flexibility index (Phi) is 10.00. The van der Waals surface area contributed by atoms with Crippen LogP contribution in [-0.4, -0.2) is 74.5 Å². The molecule has 1 aliphatic rings. The average molecular weight is 557 g/mol. The molecule has 1 atom stereocenters. The molecule has 1 aromatic heterocycles. The van der Waals surface area contributed by atoms with Gasteiger partial charge in [0.05, 0.1) is 22.4 Å². The summed E-state index contributed by atoms with van der Waals surface area (Å²) in [5.41, 5.74) is 0.714. The van der Waals surface area contributed by atoms with Crippen molar-refractivity contribution in [3.05, 3.63) is 45.6 Å². The van der Waals surface area contributed by atoms with E-state index in [1.165, 1.54) is 4.90 Å². The zero-order chi connectivity index (χ0) is 27.2. The van der Waals surface area contributed by atoms with Gasteiger partial charge in [0.15, 0.2) is 0 Å². The zero-order valence-electron chi connectivity index (χ0n) is 20.9. The van der Waals surface area contributed by atoms with Crippen LogP contribution in [0, 0.1) is 5.41 Å². The van der Waals surface area contributed by atoms with E-state index in [9.17, 15) is 23.2 Å². The van der Waals surface area contributed by atoms with Crippen molar-refractivity contribution in [1.82, 2.24) is 10.2 Å². The van der Waals surface area contributed by atoms with E-state index in [2.05, 4.69) is 10.6 Å². The maximum absolute atomic E-state index is 13.5. The molecule has 3 amide bonds. The first-order valence-electron chi connectivity index (χ1n) is 11.8. The van der Waals surface area contributed by atoms with Crippen molar-refractivity contribution in [2.45, 2.75) is 33.2 Å². The van der Waals surface area contributed by atoms with Crippen molar-refractivity contribution in [1.29, 1.82) is 0 Å². The van der Waals surface area contributed by atoms with Crippen LogP contribution in [0.2, 0.25) is 4.34 Å². The van der Waals surface area contributed by atoms with Crippen LogP contribution in [0.3, 0.4) is 0 Å². The minimum atomic E-state index is -2.67. The van der Waals surface area contributed by atoms with Crippen LogP contribution in [0.25, 0.3) is 0 Å². The fourth-order valence-electron chi connectivity index (χ4n) is 3.93. The number of morpholine rings is 1. The molecule has 37 heavy (non-hydrogen) atoms. The van der Waals surface area contributed by atoms with Crippen molar-refractivity contribution in [3.8, 4) is 0 Å². The third kappa shape index (κ3) is 8.74. The topological polar surface area (TPSA) is 91.0 Å². The van der Waals surface area contributed by atoms with Crippen LogP contribution in [0.5, 0.6) is 0 Å². The number of alkyl halides is 2. The van der Waals surface area contributed by atoms with Gasteiger partial charge < -0.3 is 20.3 Å². The molecular weight excluding hydrogens is 526 g/mol. The summed E-state index contributed by atoms with van der Waals surface area (Å²) in [4.78, 5) is 41.4. The highest BCUT2D eigenvalue weighted by molar-refractivity contribution is 7.18. The number of hydrogen-bond acceptors (Lipinski definition) is 6. The van der Waals surface area contributed by atoms with Crippen LogP contribution < -0.4 is 15.5 Å². The summed E-state index contributed by atoms with van der Waals surface area (Å²) < 4.78 is 32.6. The van der Waals surface area contributed by atoms with E-state index in [0.29, 0.717) is 33.7 Å². The van der Waals surface area contributed by atoms with Gasteiger partial charge in [0.25, 0.3) is 18.2 Å². The van der Waals surface area contributed by atoms with E-state index >= 15 is 0 Å². The van der Waals surface area contributed by atoms with Crippen molar-refractivity contribution < 1.29 is 27.9 Å². The summed E-state index contributed by atoms with van der Waals surface area (Å²) in [6, 6.07) is 8.76. The number of benzene rings is 1. The summed E-state index contributed by atoms with van der Waals surface area (Å²) in [6.45, 7) is 5.93. The Morgan fingerprint density at radius 1 is 1.19 bits per heavy atom. The van der Waals surface area contributed by atoms with Gasteiger partial charge in [0, 0.05) is 31.0 Å². The van der Waals surface area contributed by atoms with Gasteiger partial charge in [-0.1, -0.05) is 32.4 Å². The van der Waals surface area contributed by atoms with E-state index in [1.807, 2.05) is 20.8 Å². The molecule has 1 fully saturated rings. The van der Waals surface area contributed by atoms with E-state index in [-0.39, 0.29) is 31.0 Å². The smallest absolute Gasteiger partial charge is 0.261 e. The fraction of sp³-hybridized carbons (Fsp3) is 0.480. The second-order valence-corrected chi connectivity index (χ2v) is 11.6. The number of nitrogens with one attached hydrogen (secondary N) is 2. The lowest BCUT2D eigenvalue weighted by molar-refractivity contribution is -0.125. The highest BCUT2D eigenvalue weighted by Crippen LogP contribution is 2.23. The minimum absolute atomic E-state index is 0.0112. The maximum Gasteiger partial charge on any atom is 0.261 e. The quantitative estimate of drug-likeness (QED) is 0.459. The summed E-state index contributed by atoms with van der Waals surface area (Å²) >= 11 is 7.00. The maximum atomic E-state index is 13.5. The SMILES string of the molecule is CC(C)(C)CN(CC(F)F)[C@H](CNC(=O)c1ccc(Cl)s1)C(=O)Nc1ccc(N2CCOCC2=O)cc1.